The molecule has 15 heteroatoms. The van der Waals surface area contributed by atoms with E-state index in [0.717, 1.165) is 50.1 Å². The molecule has 0 saturated carbocycles. The summed E-state index contributed by atoms with van der Waals surface area (Å²) in [5.41, 5.74) is 9.21. The number of ether oxygens (including phenoxy) is 2. The van der Waals surface area contributed by atoms with Gasteiger partial charge in [-0.1, -0.05) is 64.6 Å². The molecule has 2 saturated heterocycles. The van der Waals surface area contributed by atoms with Crippen molar-refractivity contribution in [2.24, 2.45) is 16.3 Å². The van der Waals surface area contributed by atoms with E-state index >= 15 is 0 Å². The Bertz CT molecular complexity index is 2600. The van der Waals surface area contributed by atoms with E-state index in [9.17, 15) is 24.0 Å². The number of benzene rings is 2. The Kier molecular flexibility index (Phi) is 13.1. The second-order valence-corrected chi connectivity index (χ2v) is 19.2. The zero-order valence-electron chi connectivity index (χ0n) is 39.1. The molecular weight excluding hydrogens is 837 g/mol. The molecule has 5 atom stereocenters. The predicted molar refractivity (Wildman–Crippen MR) is 252 cm³/mol. The molecule has 8 rings (SSSR count). The standard InChI is InChI=1S/C51H62N8O7/c1-9-42(60)56-23-20-51(28-56)49(64)58(30-53-51)44(31(3)4)46(61)54-40-25-33-14-11-15-34(24-33)35-18-19-41-37(26-35)38(45(57(41)10-2)36-16-12-21-52-43(36)32(5)65-8)27-50(6,7)29-66-48(63)39-17-13-22-59(55-39)47(40)62/h9,11-12,14-16,18-19,21,24,26,30-32,39-40,44,55H,1,10,13,17,20,22-23,25,27-29H2,2-8H3,(H,54,61)/t32-,39-,40-,44-,51?/m0/s1. The third kappa shape index (κ3) is 8.78. The number of hydrogen-bond acceptors (Lipinski definition) is 10. The summed E-state index contributed by atoms with van der Waals surface area (Å²) < 4.78 is 14.3. The van der Waals surface area contributed by atoms with Crippen LogP contribution >= 0.6 is 0 Å². The van der Waals surface area contributed by atoms with E-state index in [4.69, 9.17) is 14.5 Å². The second-order valence-electron chi connectivity index (χ2n) is 19.2. The lowest BCUT2D eigenvalue weighted by Gasteiger charge is -2.36. The summed E-state index contributed by atoms with van der Waals surface area (Å²) in [5.74, 6) is -2.41. The smallest absolute Gasteiger partial charge is 0.324 e. The number of aliphatic imine (C=N–C) groups is 1. The number of hydrogen-bond donors (Lipinski definition) is 2. The number of methoxy groups -OCH3 is 1. The number of aryl methyl sites for hydroxylation is 1. The second kappa shape index (κ2) is 18.6. The minimum atomic E-state index is -1.19. The Morgan fingerprint density at radius 2 is 1.85 bits per heavy atom. The predicted octanol–water partition coefficient (Wildman–Crippen LogP) is 5.80. The number of fused-ring (bicyclic) bond motifs is 6. The van der Waals surface area contributed by atoms with Gasteiger partial charge in [-0.2, -0.15) is 0 Å². The molecule has 2 aromatic carbocycles. The molecule has 348 valence electrons. The number of cyclic esters (lactones) is 1. The lowest BCUT2D eigenvalue weighted by atomic mass is 9.84. The van der Waals surface area contributed by atoms with Crippen molar-refractivity contribution in [3.8, 4) is 22.4 Å². The number of carbonyl (C=O) groups is 5. The highest BCUT2D eigenvalue weighted by Gasteiger charge is 2.53. The van der Waals surface area contributed by atoms with Gasteiger partial charge in [-0.15, -0.1) is 0 Å². The fourth-order valence-corrected chi connectivity index (χ4v) is 10.1. The van der Waals surface area contributed by atoms with Gasteiger partial charge in [-0.05, 0) is 91.6 Å². The van der Waals surface area contributed by atoms with Gasteiger partial charge in [0.2, 0.25) is 11.8 Å². The molecule has 2 N–H and O–H groups in total. The number of amides is 4. The zero-order chi connectivity index (χ0) is 47.1. The van der Waals surface area contributed by atoms with Crippen LogP contribution in [-0.2, 0) is 52.8 Å². The Balaban J connectivity index is 1.19. The fourth-order valence-electron chi connectivity index (χ4n) is 10.1. The highest BCUT2D eigenvalue weighted by molar-refractivity contribution is 6.05. The molecule has 4 aliphatic heterocycles. The number of carbonyl (C=O) groups excluding carboxylic acids is 5. The van der Waals surface area contributed by atoms with Gasteiger partial charge in [-0.3, -0.25) is 43.9 Å². The largest absolute Gasteiger partial charge is 0.464 e. The number of pyridine rings is 1. The number of nitrogens with one attached hydrogen (secondary N) is 2. The van der Waals surface area contributed by atoms with Crippen LogP contribution in [0.4, 0.5) is 0 Å². The van der Waals surface area contributed by atoms with Crippen LogP contribution in [0, 0.1) is 11.3 Å². The maximum absolute atomic E-state index is 14.7. The average Bonchev–Trinajstić information content (AvgIpc) is 3.99. The van der Waals surface area contributed by atoms with Crippen molar-refractivity contribution in [2.75, 3.05) is 33.4 Å². The van der Waals surface area contributed by atoms with Gasteiger partial charge in [0.25, 0.3) is 11.8 Å². The lowest BCUT2D eigenvalue weighted by molar-refractivity contribution is -0.155. The van der Waals surface area contributed by atoms with E-state index in [1.807, 2.05) is 45.0 Å². The Morgan fingerprint density at radius 1 is 1.06 bits per heavy atom. The molecule has 4 aromatic rings. The first kappa shape index (κ1) is 46.3. The molecule has 2 fully saturated rings. The van der Waals surface area contributed by atoms with E-state index < -0.39 is 46.9 Å². The van der Waals surface area contributed by atoms with Gasteiger partial charge in [0.1, 0.15) is 18.1 Å². The van der Waals surface area contributed by atoms with Gasteiger partial charge >= 0.3 is 5.97 Å². The first-order valence-corrected chi connectivity index (χ1v) is 23.1. The van der Waals surface area contributed by atoms with Crippen LogP contribution in [-0.4, -0.2) is 117 Å². The van der Waals surface area contributed by atoms with Gasteiger partial charge in [0.05, 0.1) is 37.0 Å². The summed E-state index contributed by atoms with van der Waals surface area (Å²) in [6.45, 7) is 17.2. The molecule has 4 amide bonds. The van der Waals surface area contributed by atoms with Crippen molar-refractivity contribution in [1.82, 2.24) is 35.1 Å². The van der Waals surface area contributed by atoms with E-state index in [2.05, 4.69) is 78.0 Å². The van der Waals surface area contributed by atoms with Gasteiger partial charge in [0, 0.05) is 67.7 Å². The minimum absolute atomic E-state index is 0.0915. The van der Waals surface area contributed by atoms with Gasteiger partial charge in [0.15, 0.2) is 5.54 Å². The van der Waals surface area contributed by atoms with Crippen molar-refractivity contribution in [3.63, 3.8) is 0 Å². The molecule has 4 aliphatic rings. The number of aromatic nitrogens is 2. The lowest BCUT2D eigenvalue weighted by Crippen LogP contribution is -2.62. The number of nitrogens with zero attached hydrogens (tertiary/aromatic N) is 6. The van der Waals surface area contributed by atoms with E-state index in [1.165, 1.54) is 27.2 Å². The minimum Gasteiger partial charge on any atom is -0.464 e. The number of hydrazine groups is 1. The first-order valence-electron chi connectivity index (χ1n) is 23.1. The molecule has 1 unspecified atom stereocenters. The average molecular weight is 899 g/mol. The van der Waals surface area contributed by atoms with Crippen LogP contribution in [0.3, 0.4) is 0 Å². The molecule has 6 heterocycles. The number of rotatable bonds is 9. The van der Waals surface area contributed by atoms with Crippen LogP contribution in [0.5, 0.6) is 0 Å². The molecule has 0 radical (unpaired) electrons. The van der Waals surface area contributed by atoms with Crippen LogP contribution in [0.1, 0.15) is 83.7 Å². The molecule has 2 aromatic heterocycles. The SMILES string of the molecule is C=CC(=O)N1CCC2(C1)N=CN([C@H](C(=O)N[C@H]1Cc3cccc(c3)-c3ccc4c(c3)c(c(-c3cccnc3[C@H](C)OC)n4CC)CC(C)(C)COC(=O)[C@@H]3CCCN(N3)C1=O)C(C)C)C2=O. The van der Waals surface area contributed by atoms with E-state index in [0.29, 0.717) is 45.3 Å². The topological polar surface area (TPSA) is 168 Å². The third-order valence-electron chi connectivity index (χ3n) is 13.6. The Hall–Kier alpha value is -6.19. The maximum Gasteiger partial charge on any atom is 0.324 e. The molecule has 6 bridgehead atoms. The number of likely N-dealkylation sites (tertiary alicyclic amines) is 1. The van der Waals surface area contributed by atoms with Crippen molar-refractivity contribution in [2.45, 2.75) is 110 Å². The van der Waals surface area contributed by atoms with Crippen molar-refractivity contribution < 1.29 is 33.4 Å². The highest BCUT2D eigenvalue weighted by Crippen LogP contribution is 2.42. The van der Waals surface area contributed by atoms with Gasteiger partial charge in [-0.25, -0.2) is 5.43 Å². The van der Waals surface area contributed by atoms with Crippen LogP contribution < -0.4 is 10.7 Å². The van der Waals surface area contributed by atoms with Crippen molar-refractivity contribution in [1.29, 1.82) is 0 Å². The highest BCUT2D eigenvalue weighted by atomic mass is 16.5. The summed E-state index contributed by atoms with van der Waals surface area (Å²) in [4.78, 5) is 82.2. The summed E-state index contributed by atoms with van der Waals surface area (Å²) in [6, 6.07) is 15.7. The van der Waals surface area contributed by atoms with E-state index in [-0.39, 0.29) is 43.4 Å². The van der Waals surface area contributed by atoms with Gasteiger partial charge < -0.3 is 24.3 Å². The number of esters is 1. The summed E-state index contributed by atoms with van der Waals surface area (Å²) >= 11 is 0. The molecule has 66 heavy (non-hydrogen) atoms. The molecular formula is C51H62N8O7. The zero-order valence-corrected chi connectivity index (χ0v) is 39.1. The molecule has 15 nitrogen and oxygen atoms in total. The Labute approximate surface area is 386 Å². The van der Waals surface area contributed by atoms with E-state index in [1.54, 1.807) is 13.3 Å². The fraction of sp³-hybridized carbons (Fsp3) is 0.471. The van der Waals surface area contributed by atoms with Crippen LogP contribution in [0.15, 0.2) is 78.4 Å². The summed E-state index contributed by atoms with van der Waals surface area (Å²) in [6.07, 6.45) is 6.19. The van der Waals surface area contributed by atoms with Crippen molar-refractivity contribution in [3.05, 3.63) is 90.3 Å². The molecule has 1 spiro atoms. The Morgan fingerprint density at radius 3 is 2.59 bits per heavy atom. The molecule has 0 aliphatic carbocycles. The third-order valence-corrected chi connectivity index (χ3v) is 13.6. The quantitative estimate of drug-likeness (QED) is 0.156. The first-order chi connectivity index (χ1) is 31.6. The van der Waals surface area contributed by atoms with Crippen molar-refractivity contribution >= 4 is 46.8 Å². The summed E-state index contributed by atoms with van der Waals surface area (Å²) in [5, 5.41) is 5.54. The monoisotopic (exact) mass is 898 g/mol. The summed E-state index contributed by atoms with van der Waals surface area (Å²) in [7, 11) is 1.69. The maximum atomic E-state index is 14.7. The van der Waals surface area contributed by atoms with Crippen LogP contribution in [0.25, 0.3) is 33.3 Å². The van der Waals surface area contributed by atoms with Crippen LogP contribution in [0.2, 0.25) is 0 Å². The normalized spacial score (nSPS) is 23.0.